The molecule has 8 rings (SSSR count). The Hall–Kier alpha value is -5.15. The summed E-state index contributed by atoms with van der Waals surface area (Å²) in [6.45, 7) is 2.03. The highest BCUT2D eigenvalue weighted by molar-refractivity contribution is 5.94. The SMILES string of the molecule is COCn1c(=O)c2c(c3ccc(Cc4nn[nH]n4)cc31)NCCC2.Cl.O=c1[nH]c2cc(Cc3nn[nH]n3)ccc2c2c1CCCN2. The van der Waals surface area contributed by atoms with E-state index in [1.54, 1.807) is 11.7 Å². The number of methoxy groups -OCH3 is 1. The van der Waals surface area contributed by atoms with Crippen LogP contribution >= 0.6 is 12.4 Å². The average molecular weight is 645 g/mol. The monoisotopic (exact) mass is 644 g/mol. The second-order valence-corrected chi connectivity index (χ2v) is 11.1. The van der Waals surface area contributed by atoms with E-state index >= 15 is 0 Å². The molecule has 0 radical (unpaired) electrons. The van der Waals surface area contributed by atoms with Gasteiger partial charge in [-0.3, -0.25) is 14.2 Å². The van der Waals surface area contributed by atoms with Gasteiger partial charge in [-0.15, -0.1) is 32.8 Å². The molecular weight excluding hydrogens is 612 g/mol. The molecule has 46 heavy (non-hydrogen) atoms. The van der Waals surface area contributed by atoms with Crippen molar-refractivity contribution < 1.29 is 4.74 Å². The largest absolute Gasteiger partial charge is 0.384 e. The van der Waals surface area contributed by atoms with Crippen LogP contribution in [0.2, 0.25) is 0 Å². The summed E-state index contributed by atoms with van der Waals surface area (Å²) in [5.74, 6) is 1.25. The van der Waals surface area contributed by atoms with Gasteiger partial charge in [-0.2, -0.15) is 10.4 Å². The topological polar surface area (TPSA) is 197 Å². The van der Waals surface area contributed by atoms with E-state index in [0.29, 0.717) is 24.5 Å². The van der Waals surface area contributed by atoms with Gasteiger partial charge in [0.1, 0.15) is 6.73 Å². The molecule has 2 aliphatic heterocycles. The van der Waals surface area contributed by atoms with E-state index in [1.165, 1.54) is 0 Å². The third-order valence-corrected chi connectivity index (χ3v) is 8.18. The number of rotatable bonds is 6. The van der Waals surface area contributed by atoms with Crippen molar-refractivity contribution >= 4 is 45.6 Å². The number of hydrogen-bond acceptors (Lipinski definition) is 11. The molecule has 6 aromatic rings. The zero-order valence-corrected chi connectivity index (χ0v) is 25.9. The molecule has 0 saturated heterocycles. The first-order valence-electron chi connectivity index (χ1n) is 14.9. The molecule has 2 aliphatic rings. The number of nitrogens with one attached hydrogen (secondary N) is 5. The molecule has 238 valence electrons. The molecule has 0 fully saturated rings. The molecule has 0 saturated carbocycles. The van der Waals surface area contributed by atoms with Crippen LogP contribution in [-0.2, 0) is 37.2 Å². The number of anilines is 2. The fourth-order valence-corrected chi connectivity index (χ4v) is 6.13. The fraction of sp³-hybridized carbons (Fsp3) is 0.333. The lowest BCUT2D eigenvalue weighted by Gasteiger charge is -2.22. The predicted octanol–water partition coefficient (Wildman–Crippen LogP) is 2.48. The number of nitrogens with zero attached hydrogens (tertiary/aromatic N) is 7. The maximum atomic E-state index is 12.8. The molecule has 0 atom stereocenters. The van der Waals surface area contributed by atoms with E-state index in [1.807, 2.05) is 36.4 Å². The third kappa shape index (κ3) is 6.06. The summed E-state index contributed by atoms with van der Waals surface area (Å²) in [5.41, 5.74) is 7.41. The van der Waals surface area contributed by atoms with Crippen molar-refractivity contribution in [2.75, 3.05) is 30.8 Å². The summed E-state index contributed by atoms with van der Waals surface area (Å²) in [5, 5.41) is 36.7. The second-order valence-electron chi connectivity index (χ2n) is 11.1. The minimum Gasteiger partial charge on any atom is -0.384 e. The molecular formula is C30H33ClN12O3. The number of aromatic nitrogens is 10. The number of halogens is 1. The maximum absolute atomic E-state index is 12.8. The van der Waals surface area contributed by atoms with E-state index in [2.05, 4.69) is 56.9 Å². The van der Waals surface area contributed by atoms with Crippen molar-refractivity contribution in [3.05, 3.63) is 91.0 Å². The Morgan fingerprint density at radius 3 is 2.04 bits per heavy atom. The van der Waals surface area contributed by atoms with Crippen LogP contribution in [-0.4, -0.2) is 71.0 Å². The van der Waals surface area contributed by atoms with Crippen LogP contribution in [0, 0.1) is 0 Å². The lowest BCUT2D eigenvalue weighted by molar-refractivity contribution is 0.131. The van der Waals surface area contributed by atoms with Crippen LogP contribution in [0.4, 0.5) is 11.4 Å². The number of tetrazole rings is 2. The van der Waals surface area contributed by atoms with Crippen molar-refractivity contribution in [1.29, 1.82) is 0 Å². The summed E-state index contributed by atoms with van der Waals surface area (Å²) in [4.78, 5) is 28.0. The second kappa shape index (κ2) is 13.5. The zero-order valence-electron chi connectivity index (χ0n) is 25.1. The number of H-pyrrole nitrogens is 3. The minimum absolute atomic E-state index is 0. The summed E-state index contributed by atoms with van der Waals surface area (Å²) in [6, 6.07) is 12.1. The van der Waals surface area contributed by atoms with Gasteiger partial charge in [0.05, 0.1) is 22.4 Å². The minimum atomic E-state index is 0. The normalized spacial score (nSPS) is 13.5. The highest BCUT2D eigenvalue weighted by Crippen LogP contribution is 2.30. The highest BCUT2D eigenvalue weighted by atomic mass is 35.5. The van der Waals surface area contributed by atoms with Crippen LogP contribution < -0.4 is 21.8 Å². The van der Waals surface area contributed by atoms with Gasteiger partial charge >= 0.3 is 0 Å². The predicted molar refractivity (Wildman–Crippen MR) is 175 cm³/mol. The van der Waals surface area contributed by atoms with Crippen LogP contribution in [0.1, 0.15) is 46.7 Å². The summed E-state index contributed by atoms with van der Waals surface area (Å²) >= 11 is 0. The van der Waals surface area contributed by atoms with Gasteiger partial charge in [0, 0.05) is 54.9 Å². The van der Waals surface area contributed by atoms with Crippen molar-refractivity contribution in [1.82, 2.24) is 50.8 Å². The summed E-state index contributed by atoms with van der Waals surface area (Å²) in [7, 11) is 1.60. The smallest absolute Gasteiger partial charge is 0.258 e. The lowest BCUT2D eigenvalue weighted by Crippen LogP contribution is -2.29. The lowest BCUT2D eigenvalue weighted by atomic mass is 9.99. The van der Waals surface area contributed by atoms with Gasteiger partial charge in [0.15, 0.2) is 11.6 Å². The molecule has 16 heteroatoms. The Morgan fingerprint density at radius 1 is 0.804 bits per heavy atom. The third-order valence-electron chi connectivity index (χ3n) is 8.18. The first kappa shape index (κ1) is 30.9. The number of hydrogen-bond donors (Lipinski definition) is 5. The van der Waals surface area contributed by atoms with E-state index in [-0.39, 0.29) is 30.3 Å². The van der Waals surface area contributed by atoms with E-state index in [4.69, 9.17) is 4.74 Å². The molecule has 0 amide bonds. The van der Waals surface area contributed by atoms with Gasteiger partial charge in [-0.05, 0) is 48.9 Å². The molecule has 0 bridgehead atoms. The Balaban J connectivity index is 0.000000159. The van der Waals surface area contributed by atoms with Gasteiger partial charge in [0.2, 0.25) is 0 Å². The molecule has 5 N–H and O–H groups in total. The molecule has 0 spiro atoms. The summed E-state index contributed by atoms with van der Waals surface area (Å²) in [6.07, 6.45) is 4.73. The van der Waals surface area contributed by atoms with Crippen LogP contribution in [0.25, 0.3) is 21.8 Å². The Kier molecular flexibility index (Phi) is 9.03. The molecule has 6 heterocycles. The molecule has 0 unspecified atom stereocenters. The van der Waals surface area contributed by atoms with Gasteiger partial charge in [-0.1, -0.05) is 34.7 Å². The van der Waals surface area contributed by atoms with Crippen molar-refractivity contribution in [3.8, 4) is 0 Å². The molecule has 4 aromatic heterocycles. The van der Waals surface area contributed by atoms with Gasteiger partial charge < -0.3 is 20.4 Å². The standard InChI is InChI=1S/C16H18N6O2.C14H14N6O.ClH/c1-24-9-22-13-7-10(8-14-18-20-21-19-14)4-5-11(13)15-12(16(22)23)3-2-6-17-15;21-14-10-2-1-5-15-13(10)9-4-3-8(6-11(9)16-14)7-12-17-19-20-18-12;/h4-5,7,17H,2-3,6,8-9H2,1H3,(H,18,19,20,21);3-4,6,15H,1-2,5,7H2,(H,16,21)(H,17,18,19,20);1H. The number of pyridine rings is 2. The first-order valence-corrected chi connectivity index (χ1v) is 14.9. The van der Waals surface area contributed by atoms with Crippen LogP contribution in [0.3, 0.4) is 0 Å². The number of fused-ring (bicyclic) bond motifs is 6. The fourth-order valence-electron chi connectivity index (χ4n) is 6.13. The zero-order chi connectivity index (χ0) is 30.8. The number of ether oxygens (including phenoxy) is 1. The van der Waals surface area contributed by atoms with Crippen molar-refractivity contribution in [2.45, 2.75) is 45.3 Å². The number of aromatic amines is 3. The van der Waals surface area contributed by atoms with Gasteiger partial charge in [-0.25, -0.2) is 0 Å². The Bertz CT molecular complexity index is 2090. The maximum Gasteiger partial charge on any atom is 0.258 e. The van der Waals surface area contributed by atoms with Gasteiger partial charge in [0.25, 0.3) is 11.1 Å². The number of benzene rings is 2. The molecule has 2 aromatic carbocycles. The molecule has 15 nitrogen and oxygen atoms in total. The Morgan fingerprint density at radius 2 is 1.41 bits per heavy atom. The first-order chi connectivity index (χ1) is 22.1. The van der Waals surface area contributed by atoms with Crippen LogP contribution in [0.5, 0.6) is 0 Å². The quantitative estimate of drug-likeness (QED) is 0.179. The van der Waals surface area contributed by atoms with Crippen LogP contribution in [0.15, 0.2) is 46.0 Å². The Labute approximate surface area is 267 Å². The average Bonchev–Trinajstić information content (AvgIpc) is 3.78. The summed E-state index contributed by atoms with van der Waals surface area (Å²) < 4.78 is 6.95. The van der Waals surface area contributed by atoms with E-state index < -0.39 is 0 Å². The van der Waals surface area contributed by atoms with Crippen molar-refractivity contribution in [2.24, 2.45) is 0 Å². The van der Waals surface area contributed by atoms with E-state index in [9.17, 15) is 9.59 Å². The molecule has 0 aliphatic carbocycles. The van der Waals surface area contributed by atoms with Crippen molar-refractivity contribution in [3.63, 3.8) is 0 Å². The van der Waals surface area contributed by atoms with E-state index in [0.717, 1.165) is 94.2 Å². The highest BCUT2D eigenvalue weighted by Gasteiger charge is 2.20.